The van der Waals surface area contributed by atoms with E-state index in [1.54, 1.807) is 18.6 Å². The molecule has 1 aromatic rings. The number of allylic oxidation sites excluding steroid dienone is 1. The number of aryl methyl sites for hydroxylation is 1. The fourth-order valence-corrected chi connectivity index (χ4v) is 0.595. The van der Waals surface area contributed by atoms with Crippen LogP contribution in [0.1, 0.15) is 0 Å². The van der Waals surface area contributed by atoms with Gasteiger partial charge in [-0.1, -0.05) is 12.7 Å². The van der Waals surface area contributed by atoms with Crippen LogP contribution in [0.5, 0.6) is 0 Å². The van der Waals surface area contributed by atoms with Crippen LogP contribution < -0.4 is 0 Å². The SMILES string of the molecule is C=CC=Nc1cn(C)cn1. The minimum atomic E-state index is 0.711. The van der Waals surface area contributed by atoms with E-state index in [2.05, 4.69) is 16.6 Å². The van der Waals surface area contributed by atoms with Crippen LogP contribution in [0.4, 0.5) is 5.82 Å². The molecule has 1 heterocycles. The average Bonchev–Trinajstić information content (AvgIpc) is 2.31. The van der Waals surface area contributed by atoms with Crippen molar-refractivity contribution >= 4 is 12.0 Å². The van der Waals surface area contributed by atoms with Crippen molar-refractivity contribution in [3.05, 3.63) is 25.2 Å². The molecule has 3 heteroatoms. The molecule has 52 valence electrons. The Bertz CT molecular complexity index is 247. The number of imidazole rings is 1. The van der Waals surface area contributed by atoms with Crippen LogP contribution in [0.15, 0.2) is 30.2 Å². The van der Waals surface area contributed by atoms with Crippen LogP contribution in [0.3, 0.4) is 0 Å². The van der Waals surface area contributed by atoms with Crippen LogP contribution in [0.25, 0.3) is 0 Å². The van der Waals surface area contributed by atoms with Crippen molar-refractivity contribution < 1.29 is 0 Å². The molecule has 1 rings (SSSR count). The van der Waals surface area contributed by atoms with Gasteiger partial charge in [-0.15, -0.1) is 0 Å². The highest BCUT2D eigenvalue weighted by Gasteiger charge is 1.87. The Morgan fingerprint density at radius 3 is 3.10 bits per heavy atom. The fraction of sp³-hybridized carbons (Fsp3) is 0.143. The van der Waals surface area contributed by atoms with Crippen molar-refractivity contribution in [1.82, 2.24) is 9.55 Å². The molecule has 10 heavy (non-hydrogen) atoms. The third-order valence-corrected chi connectivity index (χ3v) is 1.00. The summed E-state index contributed by atoms with van der Waals surface area (Å²) in [5, 5.41) is 0. The first kappa shape index (κ1) is 6.74. The zero-order chi connectivity index (χ0) is 7.40. The average molecular weight is 135 g/mol. The van der Waals surface area contributed by atoms with Gasteiger partial charge < -0.3 is 4.57 Å². The van der Waals surface area contributed by atoms with Gasteiger partial charge in [0.15, 0.2) is 5.82 Å². The molecule has 0 aromatic carbocycles. The molecule has 0 aliphatic rings. The summed E-state index contributed by atoms with van der Waals surface area (Å²) in [6.45, 7) is 3.50. The lowest BCUT2D eigenvalue weighted by Gasteiger charge is -1.80. The Balaban J connectivity index is 2.75. The van der Waals surface area contributed by atoms with E-state index < -0.39 is 0 Å². The van der Waals surface area contributed by atoms with Gasteiger partial charge in [0.1, 0.15) is 0 Å². The number of hydrogen-bond donors (Lipinski definition) is 0. The van der Waals surface area contributed by atoms with Gasteiger partial charge in [-0.25, -0.2) is 9.98 Å². The minimum absolute atomic E-state index is 0.711. The van der Waals surface area contributed by atoms with E-state index in [0.29, 0.717) is 5.82 Å². The first-order valence-corrected chi connectivity index (χ1v) is 2.96. The van der Waals surface area contributed by atoms with Crippen LogP contribution in [0, 0.1) is 0 Å². The summed E-state index contributed by atoms with van der Waals surface area (Å²) < 4.78 is 1.84. The van der Waals surface area contributed by atoms with Crippen molar-refractivity contribution in [2.45, 2.75) is 0 Å². The highest BCUT2D eigenvalue weighted by atomic mass is 15.1. The predicted octanol–water partition coefficient (Wildman–Crippen LogP) is 1.31. The molecule has 0 spiro atoms. The van der Waals surface area contributed by atoms with Crippen molar-refractivity contribution in [3.63, 3.8) is 0 Å². The zero-order valence-corrected chi connectivity index (χ0v) is 5.86. The van der Waals surface area contributed by atoms with E-state index >= 15 is 0 Å². The second kappa shape index (κ2) is 2.96. The molecule has 3 nitrogen and oxygen atoms in total. The third kappa shape index (κ3) is 1.55. The number of nitrogens with zero attached hydrogens (tertiary/aromatic N) is 3. The number of aliphatic imine (C=N–C) groups is 1. The molecule has 0 saturated carbocycles. The van der Waals surface area contributed by atoms with Gasteiger partial charge in [0, 0.05) is 19.5 Å². The number of rotatable bonds is 2. The molecule has 0 saturated heterocycles. The smallest absolute Gasteiger partial charge is 0.169 e. The van der Waals surface area contributed by atoms with Crippen LogP contribution >= 0.6 is 0 Å². The standard InChI is InChI=1S/C7H9N3/c1-3-4-8-7-5-10(2)6-9-7/h3-6H,1H2,2H3. The van der Waals surface area contributed by atoms with Gasteiger partial charge in [-0.05, 0) is 0 Å². The fourth-order valence-electron chi connectivity index (χ4n) is 0.595. The first-order chi connectivity index (χ1) is 4.83. The van der Waals surface area contributed by atoms with Gasteiger partial charge in [0.05, 0.1) is 6.33 Å². The van der Waals surface area contributed by atoms with Crippen molar-refractivity contribution in [1.29, 1.82) is 0 Å². The summed E-state index contributed by atoms with van der Waals surface area (Å²) in [5.41, 5.74) is 0. The molecule has 0 N–H and O–H groups in total. The molecule has 0 aliphatic carbocycles. The minimum Gasteiger partial charge on any atom is -0.338 e. The Hall–Kier alpha value is -1.38. The van der Waals surface area contributed by atoms with E-state index in [0.717, 1.165) is 0 Å². The van der Waals surface area contributed by atoms with Gasteiger partial charge in [0.25, 0.3) is 0 Å². The molecule has 0 radical (unpaired) electrons. The van der Waals surface area contributed by atoms with Crippen molar-refractivity contribution in [2.75, 3.05) is 0 Å². The Morgan fingerprint density at radius 1 is 1.80 bits per heavy atom. The lowest BCUT2D eigenvalue weighted by atomic mass is 10.7. The lowest BCUT2D eigenvalue weighted by Crippen LogP contribution is -1.76. The quantitative estimate of drug-likeness (QED) is 0.562. The molecule has 0 amide bonds. The first-order valence-electron chi connectivity index (χ1n) is 2.96. The van der Waals surface area contributed by atoms with Crippen LogP contribution in [-0.2, 0) is 7.05 Å². The molecular formula is C7H9N3. The normalized spacial score (nSPS) is 10.5. The molecule has 0 bridgehead atoms. The van der Waals surface area contributed by atoms with Crippen molar-refractivity contribution in [2.24, 2.45) is 12.0 Å². The lowest BCUT2D eigenvalue weighted by molar-refractivity contribution is 0.913. The summed E-state index contributed by atoms with van der Waals surface area (Å²) in [5.74, 6) is 0.711. The molecule has 0 aliphatic heterocycles. The van der Waals surface area contributed by atoms with Crippen molar-refractivity contribution in [3.8, 4) is 0 Å². The largest absolute Gasteiger partial charge is 0.338 e. The van der Waals surface area contributed by atoms with Gasteiger partial charge in [-0.3, -0.25) is 0 Å². The topological polar surface area (TPSA) is 30.2 Å². The summed E-state index contributed by atoms with van der Waals surface area (Å²) in [4.78, 5) is 7.94. The summed E-state index contributed by atoms with van der Waals surface area (Å²) in [6.07, 6.45) is 6.77. The Kier molecular flexibility index (Phi) is 1.99. The Labute approximate surface area is 59.7 Å². The maximum Gasteiger partial charge on any atom is 0.169 e. The molecule has 0 fully saturated rings. The van der Waals surface area contributed by atoms with Crippen LogP contribution in [-0.4, -0.2) is 15.8 Å². The van der Waals surface area contributed by atoms with Gasteiger partial charge in [0.2, 0.25) is 0 Å². The Morgan fingerprint density at radius 2 is 2.60 bits per heavy atom. The zero-order valence-electron chi connectivity index (χ0n) is 5.86. The summed E-state index contributed by atoms with van der Waals surface area (Å²) in [7, 11) is 1.90. The second-order valence-corrected chi connectivity index (χ2v) is 1.91. The van der Waals surface area contributed by atoms with E-state index in [-0.39, 0.29) is 0 Å². The van der Waals surface area contributed by atoms with E-state index in [1.165, 1.54) is 0 Å². The monoisotopic (exact) mass is 135 g/mol. The molecule has 0 atom stereocenters. The summed E-state index contributed by atoms with van der Waals surface area (Å²) >= 11 is 0. The molecule has 0 unspecified atom stereocenters. The predicted molar refractivity (Wildman–Crippen MR) is 41.6 cm³/mol. The van der Waals surface area contributed by atoms with E-state index in [9.17, 15) is 0 Å². The van der Waals surface area contributed by atoms with E-state index in [1.807, 2.05) is 17.8 Å². The highest BCUT2D eigenvalue weighted by Crippen LogP contribution is 2.03. The molecular weight excluding hydrogens is 126 g/mol. The van der Waals surface area contributed by atoms with Gasteiger partial charge in [-0.2, -0.15) is 0 Å². The second-order valence-electron chi connectivity index (χ2n) is 1.91. The maximum atomic E-state index is 3.97. The third-order valence-electron chi connectivity index (χ3n) is 1.00. The highest BCUT2D eigenvalue weighted by molar-refractivity contribution is 5.72. The molecule has 1 aromatic heterocycles. The maximum absolute atomic E-state index is 3.97. The number of aromatic nitrogens is 2. The van der Waals surface area contributed by atoms with Gasteiger partial charge >= 0.3 is 0 Å². The summed E-state index contributed by atoms with van der Waals surface area (Å²) in [6, 6.07) is 0. The van der Waals surface area contributed by atoms with Crippen LogP contribution in [0.2, 0.25) is 0 Å². The number of hydrogen-bond acceptors (Lipinski definition) is 2. The van der Waals surface area contributed by atoms with E-state index in [4.69, 9.17) is 0 Å².